The van der Waals surface area contributed by atoms with Crippen LogP contribution in [0.5, 0.6) is 0 Å². The molecule has 70 valence electrons. The van der Waals surface area contributed by atoms with Crippen molar-refractivity contribution in [3.05, 3.63) is 0 Å². The minimum atomic E-state index is 0.0255. The third kappa shape index (κ3) is 1.19. The summed E-state index contributed by atoms with van der Waals surface area (Å²) in [5.41, 5.74) is 0. The summed E-state index contributed by atoms with van der Waals surface area (Å²) < 4.78 is 0. The second-order valence-electron chi connectivity index (χ2n) is 4.99. The highest BCUT2D eigenvalue weighted by atomic mass is 16.3. The summed E-state index contributed by atoms with van der Waals surface area (Å²) in [6.07, 6.45) is 5.36. The smallest absolute Gasteiger partial charge is 0.0601 e. The Kier molecular flexibility index (Phi) is 2.16. The molecule has 3 rings (SSSR count). The highest BCUT2D eigenvalue weighted by molar-refractivity contribution is 4.93. The zero-order valence-electron chi connectivity index (χ0n) is 8.16. The van der Waals surface area contributed by atoms with Crippen LogP contribution < -0.4 is 0 Å². The summed E-state index contributed by atoms with van der Waals surface area (Å²) in [6.45, 7) is 4.52. The quantitative estimate of drug-likeness (QED) is 0.637. The van der Waals surface area contributed by atoms with Crippen molar-refractivity contribution in [3.8, 4) is 0 Å². The molecule has 3 fully saturated rings. The lowest BCUT2D eigenvalue weighted by atomic mass is 9.60. The highest BCUT2D eigenvalue weighted by Crippen LogP contribution is 2.47. The van der Waals surface area contributed by atoms with Gasteiger partial charge in [0, 0.05) is 0 Å². The minimum absolute atomic E-state index is 0.0255. The average Bonchev–Trinajstić information content (AvgIpc) is 2.05. The average molecular weight is 168 g/mol. The van der Waals surface area contributed by atoms with Gasteiger partial charge in [0.25, 0.3) is 0 Å². The van der Waals surface area contributed by atoms with Crippen molar-refractivity contribution >= 4 is 0 Å². The number of fused-ring (bicyclic) bond motifs is 3. The maximum absolute atomic E-state index is 10.0. The van der Waals surface area contributed by atoms with E-state index in [1.807, 2.05) is 0 Å². The van der Waals surface area contributed by atoms with E-state index >= 15 is 0 Å². The van der Waals surface area contributed by atoms with E-state index in [4.69, 9.17) is 0 Å². The Labute approximate surface area is 75.2 Å². The van der Waals surface area contributed by atoms with Crippen molar-refractivity contribution in [2.75, 3.05) is 0 Å². The fourth-order valence-electron chi connectivity index (χ4n) is 3.40. The van der Waals surface area contributed by atoms with E-state index in [1.54, 1.807) is 0 Å². The van der Waals surface area contributed by atoms with Crippen LogP contribution in [0.3, 0.4) is 0 Å². The molecule has 0 radical (unpaired) electrons. The van der Waals surface area contributed by atoms with Gasteiger partial charge in [0.05, 0.1) is 6.10 Å². The first-order chi connectivity index (χ1) is 5.70. The lowest BCUT2D eigenvalue weighted by molar-refractivity contribution is -0.0737. The Morgan fingerprint density at radius 2 is 1.50 bits per heavy atom. The summed E-state index contributed by atoms with van der Waals surface area (Å²) in [5.74, 6) is 2.76. The van der Waals surface area contributed by atoms with Gasteiger partial charge in [0.2, 0.25) is 0 Å². The van der Waals surface area contributed by atoms with Crippen LogP contribution in [0.25, 0.3) is 0 Å². The molecule has 12 heavy (non-hydrogen) atoms. The first-order valence-electron chi connectivity index (χ1n) is 5.38. The number of aliphatic hydroxyl groups excluding tert-OH is 1. The Hall–Kier alpha value is -0.0400. The van der Waals surface area contributed by atoms with E-state index in [-0.39, 0.29) is 6.10 Å². The minimum Gasteiger partial charge on any atom is -0.393 e. The van der Waals surface area contributed by atoms with E-state index in [9.17, 15) is 5.11 Å². The van der Waals surface area contributed by atoms with Crippen LogP contribution in [0.4, 0.5) is 0 Å². The number of hydrogen-bond acceptors (Lipinski definition) is 1. The third-order valence-electron chi connectivity index (χ3n) is 4.01. The van der Waals surface area contributed by atoms with E-state index in [2.05, 4.69) is 13.8 Å². The predicted octanol–water partition coefficient (Wildman–Crippen LogP) is 2.44. The molecular formula is C11H20O. The second-order valence-corrected chi connectivity index (χ2v) is 4.99. The summed E-state index contributed by atoms with van der Waals surface area (Å²) in [5, 5.41) is 10.0. The Balaban J connectivity index is 2.12. The lowest BCUT2D eigenvalue weighted by Gasteiger charge is -2.48. The molecule has 1 N–H and O–H groups in total. The highest BCUT2D eigenvalue weighted by Gasteiger charge is 2.43. The van der Waals surface area contributed by atoms with Gasteiger partial charge in [-0.3, -0.25) is 0 Å². The molecule has 0 aromatic carbocycles. The van der Waals surface area contributed by atoms with Gasteiger partial charge in [-0.2, -0.15) is 0 Å². The van der Waals surface area contributed by atoms with E-state index < -0.39 is 0 Å². The summed E-state index contributed by atoms with van der Waals surface area (Å²) in [6, 6.07) is 0. The van der Waals surface area contributed by atoms with E-state index in [1.165, 1.54) is 25.7 Å². The number of hydrogen-bond donors (Lipinski definition) is 1. The maximum atomic E-state index is 10.0. The monoisotopic (exact) mass is 168 g/mol. The Morgan fingerprint density at radius 1 is 1.00 bits per heavy atom. The molecule has 3 aliphatic rings. The van der Waals surface area contributed by atoms with Gasteiger partial charge >= 0.3 is 0 Å². The Morgan fingerprint density at radius 3 is 1.83 bits per heavy atom. The van der Waals surface area contributed by atoms with Crippen molar-refractivity contribution in [2.45, 2.75) is 45.6 Å². The van der Waals surface area contributed by atoms with Crippen LogP contribution in [-0.2, 0) is 0 Å². The van der Waals surface area contributed by atoms with Crippen LogP contribution in [0.2, 0.25) is 0 Å². The van der Waals surface area contributed by atoms with Crippen molar-refractivity contribution < 1.29 is 5.11 Å². The molecule has 2 bridgehead atoms. The van der Waals surface area contributed by atoms with Crippen LogP contribution >= 0.6 is 0 Å². The first-order valence-corrected chi connectivity index (χ1v) is 5.38. The molecule has 0 aliphatic heterocycles. The third-order valence-corrected chi connectivity index (χ3v) is 4.01. The summed E-state index contributed by atoms with van der Waals surface area (Å²) >= 11 is 0. The van der Waals surface area contributed by atoms with Crippen molar-refractivity contribution in [3.63, 3.8) is 0 Å². The van der Waals surface area contributed by atoms with Gasteiger partial charge in [-0.05, 0) is 49.4 Å². The van der Waals surface area contributed by atoms with Gasteiger partial charge in [-0.25, -0.2) is 0 Å². The van der Waals surface area contributed by atoms with Gasteiger partial charge < -0.3 is 5.11 Å². The second kappa shape index (κ2) is 3.02. The van der Waals surface area contributed by atoms with Crippen molar-refractivity contribution in [1.29, 1.82) is 0 Å². The molecule has 1 nitrogen and oxygen atoms in total. The summed E-state index contributed by atoms with van der Waals surface area (Å²) in [4.78, 5) is 0. The lowest BCUT2D eigenvalue weighted by Crippen LogP contribution is -2.46. The molecule has 0 unspecified atom stereocenters. The number of rotatable bonds is 1. The van der Waals surface area contributed by atoms with E-state index in [0.29, 0.717) is 17.8 Å². The molecule has 1 heteroatoms. The van der Waals surface area contributed by atoms with Crippen LogP contribution in [-0.4, -0.2) is 11.2 Å². The molecule has 3 saturated carbocycles. The standard InChI is InChI=1S/C11H20O/c1-7(2)10-8-3-5-9(6-4-8)11(10)12/h7-12H,3-6H2,1-2H3/t8?,9?,10-,11+/m1/s1. The van der Waals surface area contributed by atoms with Crippen molar-refractivity contribution in [2.24, 2.45) is 23.7 Å². The van der Waals surface area contributed by atoms with Crippen LogP contribution in [0.15, 0.2) is 0 Å². The summed E-state index contributed by atoms with van der Waals surface area (Å²) in [7, 11) is 0. The van der Waals surface area contributed by atoms with Gasteiger partial charge in [-0.1, -0.05) is 13.8 Å². The van der Waals surface area contributed by atoms with E-state index in [0.717, 1.165) is 5.92 Å². The van der Waals surface area contributed by atoms with Gasteiger partial charge in [-0.15, -0.1) is 0 Å². The molecule has 0 heterocycles. The first kappa shape index (κ1) is 8.55. The SMILES string of the molecule is CC(C)[C@@H]1C2CCC(CC2)[C@@H]1O. The predicted molar refractivity (Wildman–Crippen MR) is 49.8 cm³/mol. The van der Waals surface area contributed by atoms with Gasteiger partial charge in [0.1, 0.15) is 0 Å². The molecule has 0 aromatic rings. The van der Waals surface area contributed by atoms with Crippen molar-refractivity contribution in [1.82, 2.24) is 0 Å². The Bertz CT molecular complexity index is 154. The number of aliphatic hydroxyl groups is 1. The molecular weight excluding hydrogens is 148 g/mol. The van der Waals surface area contributed by atoms with Gasteiger partial charge in [0.15, 0.2) is 0 Å². The molecule has 0 spiro atoms. The fourth-order valence-corrected chi connectivity index (χ4v) is 3.40. The molecule has 0 aromatic heterocycles. The molecule has 3 aliphatic carbocycles. The molecule has 0 saturated heterocycles. The molecule has 0 amide bonds. The zero-order chi connectivity index (χ0) is 8.72. The maximum Gasteiger partial charge on any atom is 0.0601 e. The normalized spacial score (nSPS) is 47.0. The zero-order valence-corrected chi connectivity index (χ0v) is 8.16. The largest absolute Gasteiger partial charge is 0.393 e. The topological polar surface area (TPSA) is 20.2 Å². The molecule has 2 atom stereocenters. The fraction of sp³-hybridized carbons (Fsp3) is 1.00. The van der Waals surface area contributed by atoms with Crippen LogP contribution in [0.1, 0.15) is 39.5 Å². The van der Waals surface area contributed by atoms with Crippen LogP contribution in [0, 0.1) is 23.7 Å².